The van der Waals surface area contributed by atoms with Gasteiger partial charge in [-0.1, -0.05) is 35.2 Å². The summed E-state index contributed by atoms with van der Waals surface area (Å²) in [6, 6.07) is 0.842. The maximum atomic E-state index is 3.64. The molecule has 1 fully saturated rings. The van der Waals surface area contributed by atoms with E-state index in [9.17, 15) is 0 Å². The highest BCUT2D eigenvalue weighted by atomic mass is 79.9. The molecule has 0 atom stereocenters. The first-order chi connectivity index (χ1) is 5.93. The average Bonchev–Trinajstić information content (AvgIpc) is 2.14. The van der Waals surface area contributed by atoms with E-state index >= 15 is 0 Å². The van der Waals surface area contributed by atoms with Crippen LogP contribution in [0.2, 0.25) is 0 Å². The quantitative estimate of drug-likeness (QED) is 0.569. The van der Waals surface area contributed by atoms with Gasteiger partial charge in [-0.25, -0.2) is 0 Å². The van der Waals surface area contributed by atoms with E-state index in [1.165, 1.54) is 51.5 Å². The highest BCUT2D eigenvalue weighted by Gasteiger charge is 2.11. The Morgan fingerprint density at radius 2 is 1.83 bits per heavy atom. The first-order valence-electron chi connectivity index (χ1n) is 5.23. The lowest BCUT2D eigenvalue weighted by molar-refractivity contribution is 0.372. The van der Waals surface area contributed by atoms with Crippen LogP contribution in [0.3, 0.4) is 0 Å². The zero-order chi connectivity index (χ0) is 8.65. The molecular formula is C10H20BrN. The van der Waals surface area contributed by atoms with Gasteiger partial charge in [0.25, 0.3) is 0 Å². The third-order valence-electron chi connectivity index (χ3n) is 2.60. The molecule has 1 N–H and O–H groups in total. The number of hydrogen-bond donors (Lipinski definition) is 1. The molecule has 0 amide bonds. The van der Waals surface area contributed by atoms with Crippen LogP contribution in [0.25, 0.3) is 0 Å². The van der Waals surface area contributed by atoms with Crippen molar-refractivity contribution in [2.24, 2.45) is 0 Å². The maximum Gasteiger partial charge on any atom is 0.00670 e. The summed E-state index contributed by atoms with van der Waals surface area (Å²) in [5.41, 5.74) is 0. The molecule has 1 nitrogen and oxygen atoms in total. The molecule has 0 unspecified atom stereocenters. The molecule has 0 spiro atoms. The predicted octanol–water partition coefficient (Wildman–Crippen LogP) is 3.08. The minimum Gasteiger partial charge on any atom is -0.314 e. The molecule has 0 heterocycles. The molecule has 1 saturated carbocycles. The summed E-state index contributed by atoms with van der Waals surface area (Å²) in [7, 11) is 0. The number of nitrogens with one attached hydrogen (secondary N) is 1. The molecule has 0 bridgehead atoms. The van der Waals surface area contributed by atoms with Gasteiger partial charge in [-0.2, -0.15) is 0 Å². The van der Waals surface area contributed by atoms with Crippen molar-refractivity contribution < 1.29 is 0 Å². The lowest BCUT2D eigenvalue weighted by Gasteiger charge is -2.22. The number of halogens is 1. The van der Waals surface area contributed by atoms with Gasteiger partial charge in [0, 0.05) is 11.4 Å². The summed E-state index contributed by atoms with van der Waals surface area (Å²) in [6.45, 7) is 1.22. The molecule has 0 saturated heterocycles. The van der Waals surface area contributed by atoms with E-state index in [-0.39, 0.29) is 0 Å². The van der Waals surface area contributed by atoms with E-state index in [0.717, 1.165) is 11.4 Å². The minimum absolute atomic E-state index is 0.842. The van der Waals surface area contributed by atoms with E-state index in [2.05, 4.69) is 21.2 Å². The fourth-order valence-electron chi connectivity index (χ4n) is 1.83. The van der Waals surface area contributed by atoms with Crippen LogP contribution in [0.1, 0.15) is 44.9 Å². The second-order valence-corrected chi connectivity index (χ2v) is 4.48. The zero-order valence-corrected chi connectivity index (χ0v) is 9.41. The van der Waals surface area contributed by atoms with Gasteiger partial charge >= 0.3 is 0 Å². The molecule has 1 aliphatic rings. The monoisotopic (exact) mass is 233 g/mol. The van der Waals surface area contributed by atoms with Crippen LogP contribution in [0, 0.1) is 0 Å². The van der Waals surface area contributed by atoms with Crippen LogP contribution >= 0.6 is 15.9 Å². The fraction of sp³-hybridized carbons (Fsp3) is 1.00. The number of alkyl halides is 1. The lowest BCUT2D eigenvalue weighted by Crippen LogP contribution is -2.31. The van der Waals surface area contributed by atoms with Crippen molar-refractivity contribution in [3.63, 3.8) is 0 Å². The maximum absolute atomic E-state index is 3.64. The minimum atomic E-state index is 0.842. The summed E-state index contributed by atoms with van der Waals surface area (Å²) in [5, 5.41) is 4.79. The highest BCUT2D eigenvalue weighted by molar-refractivity contribution is 9.09. The predicted molar refractivity (Wildman–Crippen MR) is 57.9 cm³/mol. The highest BCUT2D eigenvalue weighted by Crippen LogP contribution is 2.17. The topological polar surface area (TPSA) is 12.0 Å². The van der Waals surface area contributed by atoms with E-state index in [1.54, 1.807) is 0 Å². The third-order valence-corrected chi connectivity index (χ3v) is 3.16. The molecule has 2 heteroatoms. The van der Waals surface area contributed by atoms with Crippen LogP contribution in [0.5, 0.6) is 0 Å². The Bertz CT molecular complexity index is 100. The van der Waals surface area contributed by atoms with E-state index in [1.807, 2.05) is 0 Å². The molecule has 0 aromatic heterocycles. The Kier molecular flexibility index (Phi) is 6.05. The van der Waals surface area contributed by atoms with Gasteiger partial charge in [-0.15, -0.1) is 0 Å². The summed E-state index contributed by atoms with van der Waals surface area (Å²) in [5.74, 6) is 0. The third kappa shape index (κ3) is 4.46. The van der Waals surface area contributed by atoms with Crippen LogP contribution < -0.4 is 5.32 Å². The van der Waals surface area contributed by atoms with Crippen molar-refractivity contribution in [1.82, 2.24) is 5.32 Å². The van der Waals surface area contributed by atoms with E-state index in [0.29, 0.717) is 0 Å². The van der Waals surface area contributed by atoms with Crippen molar-refractivity contribution in [3.05, 3.63) is 0 Å². The van der Waals surface area contributed by atoms with Gasteiger partial charge in [0.2, 0.25) is 0 Å². The first kappa shape index (κ1) is 10.5. The second-order valence-electron chi connectivity index (χ2n) is 3.69. The van der Waals surface area contributed by atoms with Gasteiger partial charge in [0.1, 0.15) is 0 Å². The van der Waals surface area contributed by atoms with Gasteiger partial charge < -0.3 is 5.32 Å². The molecule has 12 heavy (non-hydrogen) atoms. The number of rotatable bonds is 5. The normalized spacial score (nSPS) is 19.8. The first-order valence-corrected chi connectivity index (χ1v) is 6.35. The van der Waals surface area contributed by atoms with Crippen molar-refractivity contribution >= 4 is 15.9 Å². The van der Waals surface area contributed by atoms with Crippen LogP contribution in [-0.4, -0.2) is 17.9 Å². The Labute approximate surface area is 84.4 Å². The van der Waals surface area contributed by atoms with Crippen molar-refractivity contribution in [3.8, 4) is 0 Å². The fourth-order valence-corrected chi connectivity index (χ4v) is 2.23. The van der Waals surface area contributed by atoms with Crippen molar-refractivity contribution in [1.29, 1.82) is 0 Å². The summed E-state index contributed by atoms with van der Waals surface area (Å²) < 4.78 is 0. The molecule has 72 valence electrons. The van der Waals surface area contributed by atoms with Gasteiger partial charge in [-0.05, 0) is 32.2 Å². The van der Waals surface area contributed by atoms with Crippen LogP contribution in [-0.2, 0) is 0 Å². The zero-order valence-electron chi connectivity index (χ0n) is 7.82. The smallest absolute Gasteiger partial charge is 0.00670 e. The Hall–Kier alpha value is 0.440. The van der Waals surface area contributed by atoms with E-state index in [4.69, 9.17) is 0 Å². The van der Waals surface area contributed by atoms with Gasteiger partial charge in [0.15, 0.2) is 0 Å². The largest absolute Gasteiger partial charge is 0.314 e. The van der Waals surface area contributed by atoms with Crippen LogP contribution in [0.15, 0.2) is 0 Å². The Morgan fingerprint density at radius 3 is 2.50 bits per heavy atom. The standard InChI is InChI=1S/C10H20BrN/c11-8-4-5-9-12-10-6-2-1-3-7-10/h10,12H,1-9H2. The second kappa shape index (κ2) is 6.90. The molecular weight excluding hydrogens is 214 g/mol. The van der Waals surface area contributed by atoms with Gasteiger partial charge in [0.05, 0.1) is 0 Å². The molecule has 0 aromatic carbocycles. The number of unbranched alkanes of at least 4 members (excludes halogenated alkanes) is 1. The van der Waals surface area contributed by atoms with E-state index < -0.39 is 0 Å². The molecule has 1 aliphatic carbocycles. The summed E-state index contributed by atoms with van der Waals surface area (Å²) in [6.07, 6.45) is 9.79. The van der Waals surface area contributed by atoms with Crippen molar-refractivity contribution in [2.45, 2.75) is 51.0 Å². The number of hydrogen-bond acceptors (Lipinski definition) is 1. The molecule has 0 radical (unpaired) electrons. The summed E-state index contributed by atoms with van der Waals surface area (Å²) >= 11 is 3.45. The summed E-state index contributed by atoms with van der Waals surface area (Å²) in [4.78, 5) is 0. The van der Waals surface area contributed by atoms with Crippen LogP contribution in [0.4, 0.5) is 0 Å². The molecule has 1 rings (SSSR count). The van der Waals surface area contributed by atoms with Crippen molar-refractivity contribution in [2.75, 3.05) is 11.9 Å². The molecule has 0 aromatic rings. The lowest BCUT2D eigenvalue weighted by atomic mass is 9.95. The SMILES string of the molecule is BrCCCCNC1CCCCC1. The Morgan fingerprint density at radius 1 is 1.08 bits per heavy atom. The Balaban J connectivity index is 1.91. The molecule has 0 aliphatic heterocycles. The average molecular weight is 234 g/mol. The van der Waals surface area contributed by atoms with Gasteiger partial charge in [-0.3, -0.25) is 0 Å².